The number of piperidine rings is 1. The number of aliphatic carboxylic acids is 1. The number of carboxylic acid groups (broad SMARTS) is 1. The minimum absolute atomic E-state index is 0.0885. The number of methoxy groups -OCH3 is 1. The van der Waals surface area contributed by atoms with E-state index in [4.69, 9.17) is 9.84 Å². The van der Waals surface area contributed by atoms with Gasteiger partial charge in [0.05, 0.1) is 12.4 Å². The predicted octanol–water partition coefficient (Wildman–Crippen LogP) is -0.0983. The lowest BCUT2D eigenvalue weighted by Crippen LogP contribution is -2.49. The SMILES string of the molecule is COCCS(=O)(=O)N1CCCC[C@H]1C(=O)O. The van der Waals surface area contributed by atoms with Crippen molar-refractivity contribution in [3.63, 3.8) is 0 Å². The van der Waals surface area contributed by atoms with E-state index in [1.165, 1.54) is 7.11 Å². The third-order valence-corrected chi connectivity index (χ3v) is 4.48. The Kier molecular flexibility index (Phi) is 4.69. The lowest BCUT2D eigenvalue weighted by Gasteiger charge is -2.31. The number of rotatable bonds is 5. The maximum Gasteiger partial charge on any atom is 0.322 e. The molecule has 6 nitrogen and oxygen atoms in total. The van der Waals surface area contributed by atoms with E-state index in [0.29, 0.717) is 13.0 Å². The van der Waals surface area contributed by atoms with Gasteiger partial charge in [-0.2, -0.15) is 4.31 Å². The molecule has 0 bridgehead atoms. The normalized spacial score (nSPS) is 23.2. The summed E-state index contributed by atoms with van der Waals surface area (Å²) in [4.78, 5) is 10.9. The van der Waals surface area contributed by atoms with Gasteiger partial charge in [0.25, 0.3) is 0 Å². The van der Waals surface area contributed by atoms with Crippen LogP contribution in [0.15, 0.2) is 0 Å². The number of hydrogen-bond acceptors (Lipinski definition) is 4. The summed E-state index contributed by atoms with van der Waals surface area (Å²) in [7, 11) is -2.10. The average molecular weight is 251 g/mol. The molecule has 1 aliphatic rings. The first-order valence-electron chi connectivity index (χ1n) is 5.20. The van der Waals surface area contributed by atoms with Crippen LogP contribution in [0.3, 0.4) is 0 Å². The molecule has 1 heterocycles. The Balaban J connectivity index is 2.78. The molecule has 0 saturated carbocycles. The second kappa shape index (κ2) is 5.60. The Labute approximate surface area is 95.2 Å². The highest BCUT2D eigenvalue weighted by Gasteiger charge is 2.36. The number of sulfonamides is 1. The van der Waals surface area contributed by atoms with Gasteiger partial charge in [0, 0.05) is 13.7 Å². The van der Waals surface area contributed by atoms with Gasteiger partial charge >= 0.3 is 5.97 Å². The summed E-state index contributed by atoms with van der Waals surface area (Å²) in [6.45, 7) is 0.383. The second-order valence-electron chi connectivity index (χ2n) is 3.77. The summed E-state index contributed by atoms with van der Waals surface area (Å²) >= 11 is 0. The zero-order valence-electron chi connectivity index (χ0n) is 9.26. The summed E-state index contributed by atoms with van der Waals surface area (Å²) in [6.07, 6.45) is 1.87. The van der Waals surface area contributed by atoms with Crippen LogP contribution in [0, 0.1) is 0 Å². The van der Waals surface area contributed by atoms with Crippen molar-refractivity contribution in [3.8, 4) is 0 Å². The fourth-order valence-corrected chi connectivity index (χ4v) is 3.39. The topological polar surface area (TPSA) is 83.9 Å². The molecule has 94 valence electrons. The monoisotopic (exact) mass is 251 g/mol. The molecule has 0 amide bonds. The molecule has 1 fully saturated rings. The van der Waals surface area contributed by atoms with E-state index in [2.05, 4.69) is 0 Å². The van der Waals surface area contributed by atoms with Gasteiger partial charge in [0.15, 0.2) is 0 Å². The van der Waals surface area contributed by atoms with E-state index in [9.17, 15) is 13.2 Å². The van der Waals surface area contributed by atoms with Crippen LogP contribution in [-0.2, 0) is 19.6 Å². The van der Waals surface area contributed by atoms with Gasteiger partial charge in [-0.3, -0.25) is 4.79 Å². The third-order valence-electron chi connectivity index (χ3n) is 2.64. The summed E-state index contributed by atoms with van der Waals surface area (Å²) in [5.41, 5.74) is 0. The molecule has 0 unspecified atom stereocenters. The van der Waals surface area contributed by atoms with Crippen LogP contribution in [-0.4, -0.2) is 55.9 Å². The van der Waals surface area contributed by atoms with Crippen molar-refractivity contribution in [2.24, 2.45) is 0 Å². The number of carboxylic acids is 1. The first-order valence-corrected chi connectivity index (χ1v) is 6.81. The van der Waals surface area contributed by atoms with Gasteiger partial charge in [-0.1, -0.05) is 0 Å². The van der Waals surface area contributed by atoms with E-state index in [-0.39, 0.29) is 12.4 Å². The quantitative estimate of drug-likeness (QED) is 0.737. The van der Waals surface area contributed by atoms with Crippen molar-refractivity contribution in [1.29, 1.82) is 0 Å². The van der Waals surface area contributed by atoms with Crippen LogP contribution in [0.4, 0.5) is 0 Å². The highest BCUT2D eigenvalue weighted by molar-refractivity contribution is 7.89. The number of ether oxygens (including phenoxy) is 1. The van der Waals surface area contributed by atoms with Crippen LogP contribution < -0.4 is 0 Å². The van der Waals surface area contributed by atoms with Crippen molar-refractivity contribution in [1.82, 2.24) is 4.31 Å². The van der Waals surface area contributed by atoms with E-state index >= 15 is 0 Å². The number of nitrogens with zero attached hydrogens (tertiary/aromatic N) is 1. The van der Waals surface area contributed by atoms with Crippen molar-refractivity contribution < 1.29 is 23.1 Å². The van der Waals surface area contributed by atoms with E-state index < -0.39 is 22.0 Å². The molecule has 0 aromatic rings. The second-order valence-corrected chi connectivity index (χ2v) is 5.81. The van der Waals surface area contributed by atoms with Gasteiger partial charge in [-0.15, -0.1) is 0 Å². The van der Waals surface area contributed by atoms with Crippen LogP contribution in [0.2, 0.25) is 0 Å². The van der Waals surface area contributed by atoms with Crippen molar-refractivity contribution >= 4 is 16.0 Å². The Morgan fingerprint density at radius 1 is 1.50 bits per heavy atom. The van der Waals surface area contributed by atoms with Crippen molar-refractivity contribution in [3.05, 3.63) is 0 Å². The fourth-order valence-electron chi connectivity index (χ4n) is 1.79. The Hall–Kier alpha value is -0.660. The van der Waals surface area contributed by atoms with E-state index in [1.54, 1.807) is 0 Å². The summed E-state index contributed by atoms with van der Waals surface area (Å²) < 4.78 is 29.5. The smallest absolute Gasteiger partial charge is 0.322 e. The molecule has 1 saturated heterocycles. The maximum atomic E-state index is 11.8. The molecule has 0 aromatic carbocycles. The zero-order valence-corrected chi connectivity index (χ0v) is 10.1. The molecule has 1 N–H and O–H groups in total. The van der Waals surface area contributed by atoms with Crippen molar-refractivity contribution in [2.45, 2.75) is 25.3 Å². The maximum absolute atomic E-state index is 11.8. The summed E-state index contributed by atoms with van der Waals surface area (Å²) in [5.74, 6) is -1.23. The number of carbonyl (C=O) groups is 1. The summed E-state index contributed by atoms with van der Waals surface area (Å²) in [6, 6.07) is -0.907. The van der Waals surface area contributed by atoms with Crippen molar-refractivity contribution in [2.75, 3.05) is 26.0 Å². The van der Waals surface area contributed by atoms with E-state index in [1.807, 2.05) is 0 Å². The highest BCUT2D eigenvalue weighted by Crippen LogP contribution is 2.20. The molecule has 0 radical (unpaired) electrons. The molecule has 1 rings (SSSR count). The van der Waals surface area contributed by atoms with Crippen LogP contribution in [0.5, 0.6) is 0 Å². The largest absolute Gasteiger partial charge is 0.480 e. The van der Waals surface area contributed by atoms with Gasteiger partial charge in [-0.25, -0.2) is 8.42 Å². The average Bonchev–Trinajstić information content (AvgIpc) is 2.26. The third kappa shape index (κ3) is 3.16. The standard InChI is InChI=1S/C9H17NO5S/c1-15-6-7-16(13,14)10-5-3-2-4-8(10)9(11)12/h8H,2-7H2,1H3,(H,11,12)/t8-/m0/s1. The molecule has 1 atom stereocenters. The predicted molar refractivity (Wildman–Crippen MR) is 57.6 cm³/mol. The molecule has 7 heteroatoms. The Morgan fingerprint density at radius 3 is 2.75 bits per heavy atom. The Morgan fingerprint density at radius 2 is 2.19 bits per heavy atom. The van der Waals surface area contributed by atoms with Gasteiger partial charge < -0.3 is 9.84 Å². The molecular weight excluding hydrogens is 234 g/mol. The molecule has 0 spiro atoms. The number of hydrogen-bond donors (Lipinski definition) is 1. The van der Waals surface area contributed by atoms with Crippen LogP contribution in [0.25, 0.3) is 0 Å². The molecule has 0 aliphatic carbocycles. The van der Waals surface area contributed by atoms with E-state index in [0.717, 1.165) is 17.1 Å². The summed E-state index contributed by atoms with van der Waals surface area (Å²) in [5, 5.41) is 8.96. The van der Waals surface area contributed by atoms with Gasteiger partial charge in [-0.05, 0) is 19.3 Å². The first kappa shape index (κ1) is 13.4. The minimum atomic E-state index is -3.51. The molecular formula is C9H17NO5S. The lowest BCUT2D eigenvalue weighted by molar-refractivity contribution is -0.142. The van der Waals surface area contributed by atoms with Crippen LogP contribution in [0.1, 0.15) is 19.3 Å². The zero-order chi connectivity index (χ0) is 12.2. The van der Waals surface area contributed by atoms with Crippen LogP contribution >= 0.6 is 0 Å². The fraction of sp³-hybridized carbons (Fsp3) is 0.889. The molecule has 16 heavy (non-hydrogen) atoms. The molecule has 1 aliphatic heterocycles. The molecule has 0 aromatic heterocycles. The van der Waals surface area contributed by atoms with Gasteiger partial charge in [0.2, 0.25) is 10.0 Å². The Bertz CT molecular complexity index is 340. The minimum Gasteiger partial charge on any atom is -0.480 e. The highest BCUT2D eigenvalue weighted by atomic mass is 32.2. The lowest BCUT2D eigenvalue weighted by atomic mass is 10.1. The first-order chi connectivity index (χ1) is 7.49. The van der Waals surface area contributed by atoms with Gasteiger partial charge in [0.1, 0.15) is 6.04 Å².